The first kappa shape index (κ1) is 16.9. The molecule has 1 saturated heterocycles. The average molecular weight is 366 g/mol. The first-order valence-electron chi connectivity index (χ1n) is 8.20. The summed E-state index contributed by atoms with van der Waals surface area (Å²) in [6.45, 7) is -0.260. The van der Waals surface area contributed by atoms with Crippen LogP contribution >= 0.6 is 0 Å². The van der Waals surface area contributed by atoms with Crippen molar-refractivity contribution in [2.75, 3.05) is 24.8 Å². The number of aromatic nitrogens is 1. The van der Waals surface area contributed by atoms with Gasteiger partial charge < -0.3 is 24.4 Å². The van der Waals surface area contributed by atoms with Gasteiger partial charge in [-0.1, -0.05) is 0 Å². The van der Waals surface area contributed by atoms with Gasteiger partial charge in [0.1, 0.15) is 29.9 Å². The van der Waals surface area contributed by atoms with Crippen molar-refractivity contribution in [2.24, 2.45) is 0 Å². The van der Waals surface area contributed by atoms with Crippen LogP contribution in [0, 0.1) is 11.6 Å². The number of anilines is 1. The molecule has 2 aliphatic rings. The minimum Gasteiger partial charge on any atom is -0.477 e. The summed E-state index contributed by atoms with van der Waals surface area (Å²) < 4.78 is 36.6. The molecule has 4 rings (SSSR count). The van der Waals surface area contributed by atoms with Crippen LogP contribution in [0.1, 0.15) is 29.2 Å². The highest BCUT2D eigenvalue weighted by Crippen LogP contribution is 2.40. The Balaban J connectivity index is 1.97. The largest absolute Gasteiger partial charge is 0.477 e. The second kappa shape index (κ2) is 6.03. The number of ether oxygens (including phenoxy) is 1. The fourth-order valence-electron chi connectivity index (χ4n) is 3.33. The number of hydrogen-bond donors (Lipinski definition) is 2. The molecule has 0 bridgehead atoms. The van der Waals surface area contributed by atoms with Gasteiger partial charge in [-0.3, -0.25) is 4.79 Å². The molecule has 1 aromatic heterocycles. The summed E-state index contributed by atoms with van der Waals surface area (Å²) in [6.07, 6.45) is 2.03. The van der Waals surface area contributed by atoms with Crippen molar-refractivity contribution in [3.05, 3.63) is 39.7 Å². The maximum atomic E-state index is 15.3. The lowest BCUT2D eigenvalue weighted by molar-refractivity contribution is 0.0645. The van der Waals surface area contributed by atoms with Gasteiger partial charge in [-0.2, -0.15) is 0 Å². The van der Waals surface area contributed by atoms with Crippen LogP contribution in [-0.2, 0) is 4.74 Å². The fraction of sp³-hybridized carbons (Fsp3) is 0.412. The molecule has 1 saturated carbocycles. The molecule has 0 radical (unpaired) electrons. The van der Waals surface area contributed by atoms with Crippen LogP contribution < -0.4 is 10.3 Å². The summed E-state index contributed by atoms with van der Waals surface area (Å²) in [5, 5.41) is 18.1. The smallest absolute Gasteiger partial charge is 0.341 e. The third-order valence-electron chi connectivity index (χ3n) is 4.76. The zero-order valence-corrected chi connectivity index (χ0v) is 13.6. The molecular formula is C17H16F2N2O5. The molecule has 2 fully saturated rings. The van der Waals surface area contributed by atoms with E-state index in [9.17, 15) is 19.1 Å². The van der Waals surface area contributed by atoms with Gasteiger partial charge in [0, 0.05) is 18.8 Å². The number of aromatic carboxylic acids is 1. The van der Waals surface area contributed by atoms with Crippen molar-refractivity contribution in [3.63, 3.8) is 0 Å². The van der Waals surface area contributed by atoms with E-state index in [1.54, 1.807) is 0 Å². The maximum Gasteiger partial charge on any atom is 0.341 e. The molecule has 0 spiro atoms. The van der Waals surface area contributed by atoms with E-state index < -0.39 is 34.7 Å². The van der Waals surface area contributed by atoms with E-state index in [1.807, 2.05) is 0 Å². The Kier molecular flexibility index (Phi) is 3.92. The number of nitrogens with zero attached hydrogens (tertiary/aromatic N) is 2. The number of fused-ring (bicyclic) bond motifs is 1. The Morgan fingerprint density at radius 1 is 1.35 bits per heavy atom. The van der Waals surface area contributed by atoms with Crippen molar-refractivity contribution in [2.45, 2.75) is 25.0 Å². The number of halogens is 2. The van der Waals surface area contributed by atoms with Gasteiger partial charge in [0.15, 0.2) is 5.82 Å². The Morgan fingerprint density at radius 2 is 2.08 bits per heavy atom. The van der Waals surface area contributed by atoms with Crippen LogP contribution in [0.15, 0.2) is 17.1 Å². The lowest BCUT2D eigenvalue weighted by Gasteiger charge is -2.21. The second-order valence-electron chi connectivity index (χ2n) is 6.56. The van der Waals surface area contributed by atoms with Gasteiger partial charge in [0.25, 0.3) is 0 Å². The number of hydrogen-bond acceptors (Lipinski definition) is 5. The van der Waals surface area contributed by atoms with Crippen molar-refractivity contribution < 1.29 is 28.5 Å². The molecule has 1 aliphatic heterocycles. The molecule has 1 atom stereocenters. The molecule has 2 aromatic rings. The topological polar surface area (TPSA) is 92.0 Å². The molecule has 138 valence electrons. The van der Waals surface area contributed by atoms with Crippen molar-refractivity contribution in [3.8, 4) is 0 Å². The number of pyridine rings is 1. The summed E-state index contributed by atoms with van der Waals surface area (Å²) in [5.74, 6) is -3.34. The van der Waals surface area contributed by atoms with E-state index in [-0.39, 0.29) is 42.5 Å². The third kappa shape index (κ3) is 2.55. The highest BCUT2D eigenvalue weighted by atomic mass is 19.1. The molecule has 9 heteroatoms. The number of aliphatic hydroxyl groups is 1. The summed E-state index contributed by atoms with van der Waals surface area (Å²) >= 11 is 0. The Hall–Kier alpha value is -2.52. The van der Waals surface area contributed by atoms with Crippen LogP contribution in [0.5, 0.6) is 0 Å². The average Bonchev–Trinajstić information content (AvgIpc) is 3.33. The van der Waals surface area contributed by atoms with E-state index in [0.717, 1.165) is 25.1 Å². The van der Waals surface area contributed by atoms with Gasteiger partial charge in [-0.15, -0.1) is 0 Å². The zero-order valence-electron chi connectivity index (χ0n) is 13.6. The first-order valence-corrected chi connectivity index (χ1v) is 8.20. The number of rotatable bonds is 4. The van der Waals surface area contributed by atoms with E-state index in [1.165, 1.54) is 9.47 Å². The monoisotopic (exact) mass is 366 g/mol. The molecule has 1 aromatic carbocycles. The summed E-state index contributed by atoms with van der Waals surface area (Å²) in [7, 11) is 0. The van der Waals surface area contributed by atoms with E-state index >= 15 is 4.39 Å². The van der Waals surface area contributed by atoms with Crippen LogP contribution in [0.25, 0.3) is 10.9 Å². The third-order valence-corrected chi connectivity index (χ3v) is 4.76. The van der Waals surface area contributed by atoms with Crippen molar-refractivity contribution in [1.29, 1.82) is 0 Å². The normalized spacial score (nSPS) is 20.1. The Morgan fingerprint density at radius 3 is 2.65 bits per heavy atom. The molecule has 0 amide bonds. The number of carboxylic acid groups (broad SMARTS) is 1. The van der Waals surface area contributed by atoms with Crippen LogP contribution in [0.4, 0.5) is 14.5 Å². The Labute approximate surface area is 146 Å². The van der Waals surface area contributed by atoms with E-state index in [4.69, 9.17) is 9.84 Å². The standard InChI is InChI=1S/C17H16F2N2O5/c18-12-3-10-14(13(19)15(12)20-4-9(6-22)26-7-20)21(8-1-2-8)5-11(16(10)23)17(24)25/h3,5,8-9,22H,1-2,4,6-7H2,(H,24,25). The fourth-order valence-corrected chi connectivity index (χ4v) is 3.33. The van der Waals surface area contributed by atoms with Crippen LogP contribution in [0.3, 0.4) is 0 Å². The number of carboxylic acids is 1. The van der Waals surface area contributed by atoms with Gasteiger partial charge in [0.05, 0.1) is 17.5 Å². The van der Waals surface area contributed by atoms with Crippen LogP contribution in [-0.4, -0.2) is 46.7 Å². The van der Waals surface area contributed by atoms with Crippen LogP contribution in [0.2, 0.25) is 0 Å². The zero-order chi connectivity index (χ0) is 18.6. The second-order valence-corrected chi connectivity index (χ2v) is 6.56. The van der Waals surface area contributed by atoms with Gasteiger partial charge in [-0.05, 0) is 18.9 Å². The number of aliphatic hydroxyl groups excluding tert-OH is 1. The highest BCUT2D eigenvalue weighted by Gasteiger charge is 2.33. The highest BCUT2D eigenvalue weighted by molar-refractivity contribution is 5.94. The van der Waals surface area contributed by atoms with Crippen molar-refractivity contribution >= 4 is 22.6 Å². The molecular weight excluding hydrogens is 350 g/mol. The van der Waals surface area contributed by atoms with Crippen molar-refractivity contribution in [1.82, 2.24) is 4.57 Å². The number of carbonyl (C=O) groups is 1. The SMILES string of the molecule is O=C(O)c1cn(C2CC2)c2c(F)c(N3COC(CO)C3)c(F)cc2c1=O. The summed E-state index contributed by atoms with van der Waals surface area (Å²) in [4.78, 5) is 25.0. The number of benzene rings is 1. The lowest BCUT2D eigenvalue weighted by atomic mass is 10.1. The molecule has 7 nitrogen and oxygen atoms in total. The first-order chi connectivity index (χ1) is 12.4. The minimum absolute atomic E-state index is 0.0918. The summed E-state index contributed by atoms with van der Waals surface area (Å²) in [5.41, 5.74) is -1.88. The van der Waals surface area contributed by atoms with E-state index in [2.05, 4.69) is 0 Å². The molecule has 26 heavy (non-hydrogen) atoms. The predicted molar refractivity (Wildman–Crippen MR) is 87.5 cm³/mol. The van der Waals surface area contributed by atoms with Gasteiger partial charge in [-0.25, -0.2) is 13.6 Å². The summed E-state index contributed by atoms with van der Waals surface area (Å²) in [6, 6.07) is 0.761. The molecule has 2 heterocycles. The minimum atomic E-state index is -1.44. The molecule has 2 N–H and O–H groups in total. The molecule has 1 aliphatic carbocycles. The molecule has 1 unspecified atom stereocenters. The quantitative estimate of drug-likeness (QED) is 0.851. The Bertz CT molecular complexity index is 970. The predicted octanol–water partition coefficient (Wildman–Crippen LogP) is 1.47. The van der Waals surface area contributed by atoms with Gasteiger partial charge >= 0.3 is 5.97 Å². The van der Waals surface area contributed by atoms with E-state index in [0.29, 0.717) is 0 Å². The lowest BCUT2D eigenvalue weighted by Crippen LogP contribution is -2.26. The maximum absolute atomic E-state index is 15.3. The van der Waals surface area contributed by atoms with Gasteiger partial charge in [0.2, 0.25) is 5.43 Å².